The third-order valence-electron chi connectivity index (χ3n) is 1.85. The Kier molecular flexibility index (Phi) is 2.87. The van der Waals surface area contributed by atoms with Crippen LogP contribution in [-0.4, -0.2) is 9.97 Å². The van der Waals surface area contributed by atoms with Crippen molar-refractivity contribution in [2.75, 3.05) is 11.1 Å². The molecule has 2 aromatic rings. The molecule has 1 aromatic heterocycles. The van der Waals surface area contributed by atoms with Crippen molar-refractivity contribution < 1.29 is 4.39 Å². The lowest BCUT2D eigenvalue weighted by Gasteiger charge is -2.05. The number of nitrogens with zero attached hydrogens (tertiary/aromatic N) is 2. The standard InChI is InChI=1S/C10H8ClFN4/c11-8-3-7(1-2-9(8)12)16-10-14-4-6(13)5-15-10/h1-5H,13H2,(H,14,15,16). The molecule has 4 nitrogen and oxygen atoms in total. The number of anilines is 3. The van der Waals surface area contributed by atoms with E-state index in [4.69, 9.17) is 17.3 Å². The van der Waals surface area contributed by atoms with Crippen LogP contribution in [0.4, 0.5) is 21.7 Å². The molecule has 3 N–H and O–H groups in total. The minimum absolute atomic E-state index is 0.0421. The molecule has 82 valence electrons. The first-order chi connectivity index (χ1) is 7.65. The van der Waals surface area contributed by atoms with E-state index in [1.807, 2.05) is 0 Å². The Hall–Kier alpha value is -1.88. The number of benzene rings is 1. The van der Waals surface area contributed by atoms with Gasteiger partial charge in [-0.2, -0.15) is 0 Å². The lowest BCUT2D eigenvalue weighted by molar-refractivity contribution is 0.628. The predicted molar refractivity (Wildman–Crippen MR) is 61.1 cm³/mol. The van der Waals surface area contributed by atoms with E-state index >= 15 is 0 Å². The molecule has 0 fully saturated rings. The predicted octanol–water partition coefficient (Wildman–Crippen LogP) is 2.59. The van der Waals surface area contributed by atoms with Crippen LogP contribution in [0.25, 0.3) is 0 Å². The number of nitrogens with two attached hydrogens (primary N) is 1. The molecule has 0 aliphatic heterocycles. The van der Waals surface area contributed by atoms with Gasteiger partial charge in [-0.25, -0.2) is 14.4 Å². The van der Waals surface area contributed by atoms with Crippen molar-refractivity contribution in [1.82, 2.24) is 9.97 Å². The average Bonchev–Trinajstić information content (AvgIpc) is 2.27. The van der Waals surface area contributed by atoms with E-state index in [-0.39, 0.29) is 5.02 Å². The van der Waals surface area contributed by atoms with Gasteiger partial charge in [-0.3, -0.25) is 0 Å². The van der Waals surface area contributed by atoms with Gasteiger partial charge in [0.2, 0.25) is 5.95 Å². The molecular formula is C10H8ClFN4. The largest absolute Gasteiger partial charge is 0.396 e. The highest BCUT2D eigenvalue weighted by atomic mass is 35.5. The molecule has 1 heterocycles. The van der Waals surface area contributed by atoms with Gasteiger partial charge >= 0.3 is 0 Å². The Bertz CT molecular complexity index is 501. The molecule has 2 rings (SSSR count). The molecule has 0 unspecified atom stereocenters. The summed E-state index contributed by atoms with van der Waals surface area (Å²) in [7, 11) is 0. The van der Waals surface area contributed by atoms with E-state index in [1.165, 1.54) is 24.5 Å². The average molecular weight is 239 g/mol. The summed E-state index contributed by atoms with van der Waals surface area (Å²) in [6.07, 6.45) is 2.95. The maximum absolute atomic E-state index is 12.9. The molecule has 0 saturated heterocycles. The molecule has 0 amide bonds. The van der Waals surface area contributed by atoms with Crippen LogP contribution in [0.3, 0.4) is 0 Å². The maximum atomic E-state index is 12.9. The van der Waals surface area contributed by atoms with Crippen LogP contribution in [0.1, 0.15) is 0 Å². The van der Waals surface area contributed by atoms with Crippen LogP contribution in [-0.2, 0) is 0 Å². The number of hydrogen-bond acceptors (Lipinski definition) is 4. The zero-order valence-corrected chi connectivity index (χ0v) is 8.87. The minimum atomic E-state index is -0.467. The number of nitrogen functional groups attached to an aromatic ring is 1. The van der Waals surface area contributed by atoms with Gasteiger partial charge < -0.3 is 11.1 Å². The third-order valence-corrected chi connectivity index (χ3v) is 2.14. The third kappa shape index (κ3) is 2.38. The summed E-state index contributed by atoms with van der Waals surface area (Å²) in [5.74, 6) is -0.0951. The van der Waals surface area contributed by atoms with Crippen LogP contribution in [0.5, 0.6) is 0 Å². The second-order valence-corrected chi connectivity index (χ2v) is 3.50. The first-order valence-corrected chi connectivity index (χ1v) is 4.82. The zero-order valence-electron chi connectivity index (χ0n) is 8.11. The maximum Gasteiger partial charge on any atom is 0.227 e. The first kappa shape index (κ1) is 10.6. The number of halogens is 2. The highest BCUT2D eigenvalue weighted by Gasteiger charge is 2.02. The van der Waals surface area contributed by atoms with Gasteiger partial charge in [0.15, 0.2) is 0 Å². The summed E-state index contributed by atoms with van der Waals surface area (Å²) < 4.78 is 12.9. The second-order valence-electron chi connectivity index (χ2n) is 3.09. The SMILES string of the molecule is Nc1cnc(Nc2ccc(F)c(Cl)c2)nc1. The van der Waals surface area contributed by atoms with E-state index in [0.717, 1.165) is 0 Å². The number of hydrogen-bond donors (Lipinski definition) is 2. The minimum Gasteiger partial charge on any atom is -0.396 e. The van der Waals surface area contributed by atoms with Crippen molar-refractivity contribution in [3.8, 4) is 0 Å². The second kappa shape index (κ2) is 4.32. The normalized spacial score (nSPS) is 10.1. The molecule has 0 atom stereocenters. The highest BCUT2D eigenvalue weighted by molar-refractivity contribution is 6.31. The van der Waals surface area contributed by atoms with Gasteiger partial charge in [0.05, 0.1) is 23.1 Å². The molecule has 6 heteroatoms. The zero-order chi connectivity index (χ0) is 11.5. The van der Waals surface area contributed by atoms with Gasteiger partial charge in [-0.15, -0.1) is 0 Å². The van der Waals surface area contributed by atoms with Gasteiger partial charge in [0.1, 0.15) is 5.82 Å². The van der Waals surface area contributed by atoms with Gasteiger partial charge in [-0.1, -0.05) is 11.6 Å². The Morgan fingerprint density at radius 2 is 1.94 bits per heavy atom. The Labute approximate surface area is 96.3 Å². The number of nitrogens with one attached hydrogen (secondary N) is 1. The summed E-state index contributed by atoms with van der Waals surface area (Å²) in [5.41, 5.74) is 6.52. The Morgan fingerprint density at radius 1 is 1.25 bits per heavy atom. The van der Waals surface area contributed by atoms with Crippen molar-refractivity contribution in [2.45, 2.75) is 0 Å². The molecule has 0 aliphatic rings. The molecule has 0 spiro atoms. The quantitative estimate of drug-likeness (QED) is 0.844. The Morgan fingerprint density at radius 3 is 2.56 bits per heavy atom. The molecule has 0 aliphatic carbocycles. The van der Waals surface area contributed by atoms with E-state index in [9.17, 15) is 4.39 Å². The van der Waals surface area contributed by atoms with Gasteiger partial charge in [-0.05, 0) is 18.2 Å². The molecular weight excluding hydrogens is 231 g/mol. The molecule has 16 heavy (non-hydrogen) atoms. The van der Waals surface area contributed by atoms with Gasteiger partial charge in [0, 0.05) is 5.69 Å². The van der Waals surface area contributed by atoms with Crippen molar-refractivity contribution >= 4 is 28.9 Å². The molecule has 0 bridgehead atoms. The van der Waals surface area contributed by atoms with Crippen molar-refractivity contribution in [2.24, 2.45) is 0 Å². The monoisotopic (exact) mass is 238 g/mol. The summed E-state index contributed by atoms with van der Waals surface area (Å²) in [4.78, 5) is 7.88. The fourth-order valence-electron chi connectivity index (χ4n) is 1.11. The fraction of sp³-hybridized carbons (Fsp3) is 0. The molecule has 0 saturated carbocycles. The first-order valence-electron chi connectivity index (χ1n) is 4.45. The van der Waals surface area contributed by atoms with Crippen molar-refractivity contribution in [3.05, 3.63) is 41.4 Å². The fourth-order valence-corrected chi connectivity index (χ4v) is 1.29. The van der Waals surface area contributed by atoms with Crippen LogP contribution < -0.4 is 11.1 Å². The number of aromatic nitrogens is 2. The van der Waals surface area contributed by atoms with Crippen LogP contribution in [0, 0.1) is 5.82 Å². The smallest absolute Gasteiger partial charge is 0.227 e. The summed E-state index contributed by atoms with van der Waals surface area (Å²) in [5, 5.41) is 2.91. The van der Waals surface area contributed by atoms with E-state index in [1.54, 1.807) is 6.07 Å². The summed E-state index contributed by atoms with van der Waals surface area (Å²) >= 11 is 5.63. The van der Waals surface area contributed by atoms with E-state index in [2.05, 4.69) is 15.3 Å². The topological polar surface area (TPSA) is 63.8 Å². The van der Waals surface area contributed by atoms with Crippen molar-refractivity contribution in [3.63, 3.8) is 0 Å². The van der Waals surface area contributed by atoms with E-state index in [0.29, 0.717) is 17.3 Å². The van der Waals surface area contributed by atoms with Gasteiger partial charge in [0.25, 0.3) is 0 Å². The molecule has 1 aromatic carbocycles. The lowest BCUT2D eigenvalue weighted by atomic mass is 10.3. The summed E-state index contributed by atoms with van der Waals surface area (Å²) in [6, 6.07) is 4.26. The lowest BCUT2D eigenvalue weighted by Crippen LogP contribution is -1.98. The van der Waals surface area contributed by atoms with Crippen LogP contribution in [0.15, 0.2) is 30.6 Å². The van der Waals surface area contributed by atoms with Crippen LogP contribution >= 0.6 is 11.6 Å². The van der Waals surface area contributed by atoms with Crippen LogP contribution in [0.2, 0.25) is 5.02 Å². The number of rotatable bonds is 2. The van der Waals surface area contributed by atoms with E-state index < -0.39 is 5.82 Å². The highest BCUT2D eigenvalue weighted by Crippen LogP contribution is 2.21. The molecule has 0 radical (unpaired) electrons. The van der Waals surface area contributed by atoms with Crippen molar-refractivity contribution in [1.29, 1.82) is 0 Å². The Balaban J connectivity index is 2.20. The summed E-state index contributed by atoms with van der Waals surface area (Å²) in [6.45, 7) is 0.